The molecular formula is C23H31N3O4S2. The van der Waals surface area contributed by atoms with Crippen molar-refractivity contribution >= 4 is 33.0 Å². The van der Waals surface area contributed by atoms with Gasteiger partial charge < -0.3 is 14.5 Å². The zero-order valence-corrected chi connectivity index (χ0v) is 20.3. The standard InChI is InChI=1S/C23H31N3O4S2/c1-18-5-3-9-26(17-18)32(28,29)20-7-8-22(30-2)21(16-20)24-10-12-25(13-11-24)23(27)15-19-6-4-14-31-19/h4,6-8,14,16,18H,3,5,9-13,15,17H2,1-2H3/t18-/m1/s1. The summed E-state index contributed by atoms with van der Waals surface area (Å²) in [4.78, 5) is 18.0. The molecule has 2 aliphatic rings. The van der Waals surface area contributed by atoms with Crippen LogP contribution in [0.2, 0.25) is 0 Å². The molecule has 0 aliphatic carbocycles. The molecule has 7 nitrogen and oxygen atoms in total. The van der Waals surface area contributed by atoms with Gasteiger partial charge in [-0.25, -0.2) is 8.42 Å². The van der Waals surface area contributed by atoms with Crippen molar-refractivity contribution in [3.05, 3.63) is 40.6 Å². The van der Waals surface area contributed by atoms with Crippen molar-refractivity contribution in [3.8, 4) is 5.75 Å². The molecule has 174 valence electrons. The highest BCUT2D eigenvalue weighted by atomic mass is 32.2. The van der Waals surface area contributed by atoms with E-state index in [-0.39, 0.29) is 5.91 Å². The lowest BCUT2D eigenvalue weighted by molar-refractivity contribution is -0.130. The molecule has 2 saturated heterocycles. The zero-order chi connectivity index (χ0) is 22.7. The van der Waals surface area contributed by atoms with Gasteiger partial charge in [0.1, 0.15) is 5.75 Å². The number of hydrogen-bond acceptors (Lipinski definition) is 6. The Balaban J connectivity index is 1.48. The quantitative estimate of drug-likeness (QED) is 0.640. The van der Waals surface area contributed by atoms with E-state index in [1.165, 1.54) is 0 Å². The average molecular weight is 478 g/mol. The Kier molecular flexibility index (Phi) is 7.07. The van der Waals surface area contributed by atoms with Gasteiger partial charge in [-0.05, 0) is 48.4 Å². The second kappa shape index (κ2) is 9.80. The summed E-state index contributed by atoms with van der Waals surface area (Å²) in [6, 6.07) is 9.06. The van der Waals surface area contributed by atoms with Gasteiger partial charge >= 0.3 is 0 Å². The minimum atomic E-state index is -3.55. The van der Waals surface area contributed by atoms with Gasteiger partial charge in [0, 0.05) is 44.1 Å². The van der Waals surface area contributed by atoms with E-state index in [1.807, 2.05) is 22.4 Å². The summed E-state index contributed by atoms with van der Waals surface area (Å²) in [7, 11) is -1.95. The third kappa shape index (κ3) is 4.94. The molecule has 0 spiro atoms. The molecule has 4 rings (SSSR count). The maximum Gasteiger partial charge on any atom is 0.243 e. The van der Waals surface area contributed by atoms with Crippen LogP contribution < -0.4 is 9.64 Å². The number of benzene rings is 1. The molecule has 1 atom stereocenters. The summed E-state index contributed by atoms with van der Waals surface area (Å²) in [5.41, 5.74) is 0.768. The first-order chi connectivity index (χ1) is 15.4. The van der Waals surface area contributed by atoms with Crippen molar-refractivity contribution in [2.24, 2.45) is 5.92 Å². The summed E-state index contributed by atoms with van der Waals surface area (Å²) in [6.07, 6.45) is 2.39. The molecular weight excluding hydrogens is 446 g/mol. The van der Waals surface area contributed by atoms with E-state index in [4.69, 9.17) is 4.74 Å². The number of nitrogens with zero attached hydrogens (tertiary/aromatic N) is 3. The van der Waals surface area contributed by atoms with E-state index in [1.54, 1.807) is 41.0 Å². The fourth-order valence-corrected chi connectivity index (χ4v) is 6.78. The Hall–Kier alpha value is -2.10. The molecule has 0 radical (unpaired) electrons. The van der Waals surface area contributed by atoms with E-state index in [0.717, 1.165) is 23.4 Å². The molecule has 3 heterocycles. The molecule has 0 unspecified atom stereocenters. The van der Waals surface area contributed by atoms with Crippen molar-refractivity contribution in [2.45, 2.75) is 31.1 Å². The Morgan fingerprint density at radius 3 is 2.59 bits per heavy atom. The van der Waals surface area contributed by atoms with Crippen LogP contribution in [0.3, 0.4) is 0 Å². The number of methoxy groups -OCH3 is 1. The normalized spacial score (nSPS) is 20.4. The number of amides is 1. The molecule has 1 amide bonds. The Labute approximate surface area is 194 Å². The number of thiophene rings is 1. The van der Waals surface area contributed by atoms with Gasteiger partial charge in [-0.3, -0.25) is 4.79 Å². The fourth-order valence-electron chi connectivity index (χ4n) is 4.46. The van der Waals surface area contributed by atoms with Crippen LogP contribution in [0.4, 0.5) is 5.69 Å². The number of anilines is 1. The van der Waals surface area contributed by atoms with E-state index >= 15 is 0 Å². The summed E-state index contributed by atoms with van der Waals surface area (Å²) in [5.74, 6) is 1.15. The van der Waals surface area contributed by atoms with Crippen LogP contribution in [-0.4, -0.2) is 69.9 Å². The van der Waals surface area contributed by atoms with Crippen LogP contribution in [0, 0.1) is 5.92 Å². The molecule has 9 heteroatoms. The fraction of sp³-hybridized carbons (Fsp3) is 0.522. The number of ether oxygens (including phenoxy) is 1. The summed E-state index contributed by atoms with van der Waals surface area (Å²) < 4.78 is 33.7. The van der Waals surface area contributed by atoms with Crippen LogP contribution in [0.5, 0.6) is 5.75 Å². The second-order valence-corrected chi connectivity index (χ2v) is 11.5. The summed E-state index contributed by atoms with van der Waals surface area (Å²) >= 11 is 1.60. The van der Waals surface area contributed by atoms with Gasteiger partial charge in [0.2, 0.25) is 15.9 Å². The van der Waals surface area contributed by atoms with E-state index in [0.29, 0.717) is 62.3 Å². The molecule has 0 saturated carbocycles. The molecule has 1 aromatic carbocycles. The smallest absolute Gasteiger partial charge is 0.243 e. The van der Waals surface area contributed by atoms with Gasteiger partial charge in [-0.2, -0.15) is 4.31 Å². The highest BCUT2D eigenvalue weighted by Gasteiger charge is 2.30. The average Bonchev–Trinajstić information content (AvgIpc) is 3.31. The Morgan fingerprint density at radius 2 is 1.94 bits per heavy atom. The van der Waals surface area contributed by atoms with Gasteiger partial charge in [-0.15, -0.1) is 11.3 Å². The van der Waals surface area contributed by atoms with Crippen LogP contribution in [0.15, 0.2) is 40.6 Å². The maximum absolute atomic E-state index is 13.3. The number of piperazine rings is 1. The molecule has 1 aromatic heterocycles. The molecule has 32 heavy (non-hydrogen) atoms. The van der Waals surface area contributed by atoms with E-state index in [9.17, 15) is 13.2 Å². The van der Waals surface area contributed by atoms with E-state index in [2.05, 4.69) is 11.8 Å². The van der Waals surface area contributed by atoms with Gasteiger partial charge in [0.05, 0.1) is 24.1 Å². The zero-order valence-electron chi connectivity index (χ0n) is 18.7. The third-order valence-electron chi connectivity index (χ3n) is 6.29. The first kappa shape index (κ1) is 23.1. The van der Waals surface area contributed by atoms with Crippen molar-refractivity contribution in [1.82, 2.24) is 9.21 Å². The lowest BCUT2D eigenvalue weighted by Gasteiger charge is -2.37. The van der Waals surface area contributed by atoms with Crippen molar-refractivity contribution in [1.29, 1.82) is 0 Å². The number of sulfonamides is 1. The molecule has 0 N–H and O–H groups in total. The van der Waals surface area contributed by atoms with Crippen molar-refractivity contribution in [3.63, 3.8) is 0 Å². The maximum atomic E-state index is 13.3. The molecule has 2 aliphatic heterocycles. The van der Waals surface area contributed by atoms with Crippen LogP contribution in [0.25, 0.3) is 0 Å². The largest absolute Gasteiger partial charge is 0.495 e. The molecule has 2 aromatic rings. The van der Waals surface area contributed by atoms with Gasteiger partial charge in [0.25, 0.3) is 0 Å². The van der Waals surface area contributed by atoms with Crippen LogP contribution in [0.1, 0.15) is 24.6 Å². The topological polar surface area (TPSA) is 70.2 Å². The summed E-state index contributed by atoms with van der Waals surface area (Å²) in [6.45, 7) is 5.71. The lowest BCUT2D eigenvalue weighted by atomic mass is 10.0. The molecule has 0 bridgehead atoms. The number of piperidine rings is 1. The van der Waals surface area contributed by atoms with Crippen LogP contribution in [-0.2, 0) is 21.2 Å². The highest BCUT2D eigenvalue weighted by molar-refractivity contribution is 7.89. The van der Waals surface area contributed by atoms with Gasteiger partial charge in [0.15, 0.2) is 0 Å². The summed E-state index contributed by atoms with van der Waals surface area (Å²) in [5, 5.41) is 1.98. The first-order valence-corrected chi connectivity index (χ1v) is 13.4. The van der Waals surface area contributed by atoms with Crippen LogP contribution >= 0.6 is 11.3 Å². The predicted molar refractivity (Wildman–Crippen MR) is 127 cm³/mol. The van der Waals surface area contributed by atoms with Gasteiger partial charge in [-0.1, -0.05) is 13.0 Å². The lowest BCUT2D eigenvalue weighted by Crippen LogP contribution is -2.49. The minimum absolute atomic E-state index is 0.134. The second-order valence-electron chi connectivity index (χ2n) is 8.57. The number of carbonyl (C=O) groups excluding carboxylic acids is 1. The SMILES string of the molecule is COc1ccc(S(=O)(=O)N2CCC[C@@H](C)C2)cc1N1CCN(C(=O)Cc2cccs2)CC1. The van der Waals surface area contributed by atoms with E-state index < -0.39 is 10.0 Å². The third-order valence-corrected chi connectivity index (χ3v) is 9.02. The monoisotopic (exact) mass is 477 g/mol. The van der Waals surface area contributed by atoms with Crippen molar-refractivity contribution in [2.75, 3.05) is 51.3 Å². The Bertz CT molecular complexity index is 1030. The highest BCUT2D eigenvalue weighted by Crippen LogP contribution is 2.33. The number of hydrogen-bond donors (Lipinski definition) is 0. The Morgan fingerprint density at radius 1 is 1.16 bits per heavy atom. The number of carbonyl (C=O) groups is 1. The van der Waals surface area contributed by atoms with Crippen molar-refractivity contribution < 1.29 is 17.9 Å². The molecule has 2 fully saturated rings. The first-order valence-electron chi connectivity index (χ1n) is 11.1. The predicted octanol–water partition coefficient (Wildman–Crippen LogP) is 3.07. The number of rotatable bonds is 6. The minimum Gasteiger partial charge on any atom is -0.495 e.